The van der Waals surface area contributed by atoms with Crippen molar-refractivity contribution in [3.05, 3.63) is 0 Å². The van der Waals surface area contributed by atoms with Crippen LogP contribution in [-0.4, -0.2) is 24.8 Å². The van der Waals surface area contributed by atoms with E-state index in [1.165, 1.54) is 25.7 Å². The lowest BCUT2D eigenvalue weighted by Gasteiger charge is -2.53. The van der Waals surface area contributed by atoms with E-state index in [1.54, 1.807) is 0 Å². The van der Waals surface area contributed by atoms with Crippen molar-refractivity contribution in [3.8, 4) is 0 Å². The second-order valence-corrected chi connectivity index (χ2v) is 9.35. The van der Waals surface area contributed by atoms with E-state index >= 15 is 0 Å². The van der Waals surface area contributed by atoms with Crippen LogP contribution in [0.25, 0.3) is 0 Å². The fourth-order valence-corrected chi connectivity index (χ4v) is 8.02. The van der Waals surface area contributed by atoms with Crippen LogP contribution in [0.4, 0.5) is 0 Å². The molecule has 1 aliphatic heterocycles. The molecule has 0 aromatic heterocycles. The summed E-state index contributed by atoms with van der Waals surface area (Å²) in [5, 5.41) is 0. The SMILES string of the molecule is CC12CCCC(=O)[C@@]13CC[C@]1(C)CC4(CC13CC2)OCCO4. The van der Waals surface area contributed by atoms with Gasteiger partial charge in [0.15, 0.2) is 5.79 Å². The lowest BCUT2D eigenvalue weighted by atomic mass is 9.49. The number of carbonyl (C=O) groups is 1. The van der Waals surface area contributed by atoms with Crippen LogP contribution in [0.1, 0.15) is 71.6 Å². The highest BCUT2D eigenvalue weighted by molar-refractivity contribution is 5.89. The monoisotopic (exact) mass is 304 g/mol. The van der Waals surface area contributed by atoms with Crippen LogP contribution in [-0.2, 0) is 14.3 Å². The number of carbonyl (C=O) groups excluding carboxylic acids is 1. The maximum atomic E-state index is 13.3. The Balaban J connectivity index is 1.69. The molecule has 1 saturated heterocycles. The van der Waals surface area contributed by atoms with Crippen LogP contribution >= 0.6 is 0 Å². The Kier molecular flexibility index (Phi) is 2.42. The van der Waals surface area contributed by atoms with Gasteiger partial charge in [0.2, 0.25) is 0 Å². The molecular formula is C19H28O3. The van der Waals surface area contributed by atoms with E-state index in [0.717, 1.165) is 45.3 Å². The van der Waals surface area contributed by atoms with Crippen molar-refractivity contribution >= 4 is 5.78 Å². The van der Waals surface area contributed by atoms with Gasteiger partial charge in [-0.1, -0.05) is 13.8 Å². The van der Waals surface area contributed by atoms with Crippen molar-refractivity contribution in [2.24, 2.45) is 21.7 Å². The molecule has 0 aromatic carbocycles. The van der Waals surface area contributed by atoms with Gasteiger partial charge < -0.3 is 9.47 Å². The summed E-state index contributed by atoms with van der Waals surface area (Å²) in [7, 11) is 0. The van der Waals surface area contributed by atoms with E-state index in [1.807, 2.05) is 0 Å². The normalized spacial score (nSPS) is 55.5. The van der Waals surface area contributed by atoms with E-state index in [9.17, 15) is 4.79 Å². The molecule has 5 aliphatic rings. The lowest BCUT2D eigenvalue weighted by Crippen LogP contribution is -2.53. The fraction of sp³-hybridized carbons (Fsp3) is 0.947. The van der Waals surface area contributed by atoms with Crippen LogP contribution in [0.3, 0.4) is 0 Å². The molecule has 0 bridgehead atoms. The quantitative estimate of drug-likeness (QED) is 0.682. The summed E-state index contributed by atoms with van der Waals surface area (Å²) in [4.78, 5) is 13.3. The third kappa shape index (κ3) is 1.22. The number of Topliss-reactive ketones (excluding diaryl/α,β-unsaturated/α-hetero) is 1. The van der Waals surface area contributed by atoms with Crippen LogP contribution < -0.4 is 0 Å². The van der Waals surface area contributed by atoms with Gasteiger partial charge in [0.05, 0.1) is 13.2 Å². The van der Waals surface area contributed by atoms with Crippen molar-refractivity contribution in [1.82, 2.24) is 0 Å². The Morgan fingerprint density at radius 3 is 2.36 bits per heavy atom. The summed E-state index contributed by atoms with van der Waals surface area (Å²) < 4.78 is 12.2. The van der Waals surface area contributed by atoms with E-state index in [4.69, 9.17) is 9.47 Å². The minimum Gasteiger partial charge on any atom is -0.347 e. The second kappa shape index (κ2) is 3.80. The van der Waals surface area contributed by atoms with E-state index in [-0.39, 0.29) is 27.4 Å². The zero-order chi connectivity index (χ0) is 15.3. The molecule has 22 heavy (non-hydrogen) atoms. The molecule has 5 rings (SSSR count). The summed E-state index contributed by atoms with van der Waals surface area (Å²) in [6, 6.07) is 0. The zero-order valence-electron chi connectivity index (χ0n) is 14.0. The molecule has 2 unspecified atom stereocenters. The molecule has 0 radical (unpaired) electrons. The predicted molar refractivity (Wildman–Crippen MR) is 82.3 cm³/mol. The van der Waals surface area contributed by atoms with Crippen LogP contribution in [0, 0.1) is 21.7 Å². The van der Waals surface area contributed by atoms with Gasteiger partial charge in [-0.25, -0.2) is 0 Å². The van der Waals surface area contributed by atoms with Gasteiger partial charge in [0.25, 0.3) is 0 Å². The summed E-state index contributed by atoms with van der Waals surface area (Å²) in [5.74, 6) is 0.211. The van der Waals surface area contributed by atoms with Gasteiger partial charge in [-0.2, -0.15) is 0 Å². The van der Waals surface area contributed by atoms with Crippen LogP contribution in [0.2, 0.25) is 0 Å². The van der Waals surface area contributed by atoms with Crippen molar-refractivity contribution in [2.75, 3.05) is 13.2 Å². The first kappa shape index (κ1) is 14.0. The number of hydrogen-bond donors (Lipinski definition) is 0. The van der Waals surface area contributed by atoms with Crippen molar-refractivity contribution in [2.45, 2.75) is 77.4 Å². The van der Waals surface area contributed by atoms with E-state index in [2.05, 4.69) is 13.8 Å². The average Bonchev–Trinajstić information content (AvgIpc) is 3.12. The lowest BCUT2D eigenvalue weighted by molar-refractivity contribution is -0.171. The number of rotatable bonds is 0. The summed E-state index contributed by atoms with van der Waals surface area (Å²) in [5.41, 5.74) is 0.509. The number of ketones is 1. The smallest absolute Gasteiger partial charge is 0.169 e. The highest BCUT2D eigenvalue weighted by Gasteiger charge is 2.81. The number of hydrogen-bond acceptors (Lipinski definition) is 3. The van der Waals surface area contributed by atoms with Crippen molar-refractivity contribution in [1.29, 1.82) is 0 Å². The predicted octanol–water partition coefficient (Wildman–Crippen LogP) is 3.85. The topological polar surface area (TPSA) is 35.5 Å². The van der Waals surface area contributed by atoms with Gasteiger partial charge in [0.1, 0.15) is 5.78 Å². The first-order chi connectivity index (χ1) is 10.4. The van der Waals surface area contributed by atoms with Gasteiger partial charge in [-0.15, -0.1) is 0 Å². The second-order valence-electron chi connectivity index (χ2n) is 9.35. The highest BCUT2D eigenvalue weighted by Crippen LogP contribution is 2.84. The van der Waals surface area contributed by atoms with E-state index < -0.39 is 0 Å². The molecule has 0 aromatic rings. The fourth-order valence-electron chi connectivity index (χ4n) is 8.02. The highest BCUT2D eigenvalue weighted by atomic mass is 16.7. The molecule has 0 amide bonds. The maximum absolute atomic E-state index is 13.3. The van der Waals surface area contributed by atoms with Crippen molar-refractivity contribution < 1.29 is 14.3 Å². The molecule has 4 atom stereocenters. The van der Waals surface area contributed by atoms with Crippen molar-refractivity contribution in [3.63, 3.8) is 0 Å². The molecule has 3 nitrogen and oxygen atoms in total. The summed E-state index contributed by atoms with van der Waals surface area (Å²) in [6.07, 6.45) is 9.86. The maximum Gasteiger partial charge on any atom is 0.169 e. The standard InChI is InChI=1S/C19H28O3/c1-15-5-3-4-14(20)19(15)9-7-16(2)12-18(21-10-11-22-18)13-17(16,19)8-6-15/h3-13H2,1-2H3/t15?,16-,17?,19+/m1/s1. The summed E-state index contributed by atoms with van der Waals surface area (Å²) in [6.45, 7) is 6.32. The van der Waals surface area contributed by atoms with Gasteiger partial charge in [0, 0.05) is 24.7 Å². The molecule has 4 aliphatic carbocycles. The van der Waals surface area contributed by atoms with Crippen LogP contribution in [0.5, 0.6) is 0 Å². The Bertz CT molecular complexity index is 551. The molecule has 122 valence electrons. The molecule has 4 saturated carbocycles. The summed E-state index contributed by atoms with van der Waals surface area (Å²) >= 11 is 0. The third-order valence-corrected chi connectivity index (χ3v) is 8.81. The zero-order valence-corrected chi connectivity index (χ0v) is 14.0. The third-order valence-electron chi connectivity index (χ3n) is 8.81. The van der Waals surface area contributed by atoms with Crippen LogP contribution in [0.15, 0.2) is 0 Å². The first-order valence-corrected chi connectivity index (χ1v) is 9.23. The molecule has 0 N–H and O–H groups in total. The first-order valence-electron chi connectivity index (χ1n) is 9.23. The minimum absolute atomic E-state index is 0.0776. The Morgan fingerprint density at radius 2 is 1.59 bits per heavy atom. The Hall–Kier alpha value is -0.410. The molecule has 1 heterocycles. The molecule has 3 heteroatoms. The largest absolute Gasteiger partial charge is 0.347 e. The number of ether oxygens (including phenoxy) is 2. The Labute approximate surface area is 133 Å². The Morgan fingerprint density at radius 1 is 0.864 bits per heavy atom. The average molecular weight is 304 g/mol. The van der Waals surface area contributed by atoms with E-state index in [0.29, 0.717) is 5.78 Å². The molecule has 5 fully saturated rings. The van der Waals surface area contributed by atoms with Gasteiger partial charge in [-0.3, -0.25) is 4.79 Å². The molecular weight excluding hydrogens is 276 g/mol. The van der Waals surface area contributed by atoms with Gasteiger partial charge in [-0.05, 0) is 54.8 Å². The minimum atomic E-state index is -0.370. The molecule has 3 spiro atoms. The van der Waals surface area contributed by atoms with Gasteiger partial charge >= 0.3 is 0 Å².